The molecule has 0 atom stereocenters. The van der Waals surface area contributed by atoms with Gasteiger partial charge in [0.2, 0.25) is 0 Å². The zero-order valence-corrected chi connectivity index (χ0v) is 14.5. The van der Waals surface area contributed by atoms with Crippen molar-refractivity contribution in [1.29, 1.82) is 0 Å². The normalized spacial score (nSPS) is 12.8. The number of allylic oxidation sites excluding steroid dienone is 5. The molecule has 0 unspecified atom stereocenters. The lowest BCUT2D eigenvalue weighted by atomic mass is 9.80. The van der Waals surface area contributed by atoms with Gasteiger partial charge in [0, 0.05) is 11.1 Å². The summed E-state index contributed by atoms with van der Waals surface area (Å²) in [5.74, 6) is 0. The molecule has 0 spiro atoms. The average Bonchev–Trinajstić information content (AvgIpc) is 2.62. The molecule has 2 aromatic carbocycles. The summed E-state index contributed by atoms with van der Waals surface area (Å²) in [6.07, 6.45) is 7.65. The topological polar surface area (TPSA) is 26.0 Å². The van der Waals surface area contributed by atoms with E-state index >= 15 is 0 Å². The van der Waals surface area contributed by atoms with Gasteiger partial charge in [0.15, 0.2) is 0 Å². The summed E-state index contributed by atoms with van der Waals surface area (Å²) in [7, 11) is 0. The van der Waals surface area contributed by atoms with Crippen LogP contribution in [-0.4, -0.2) is 0 Å². The first-order chi connectivity index (χ1) is 11.5. The Labute approximate surface area is 145 Å². The highest BCUT2D eigenvalue weighted by Gasteiger charge is 2.23. The van der Waals surface area contributed by atoms with Crippen LogP contribution in [0.4, 0.5) is 0 Å². The van der Waals surface area contributed by atoms with Crippen molar-refractivity contribution in [1.82, 2.24) is 0 Å². The molecular weight excluding hydrogens is 290 g/mol. The van der Waals surface area contributed by atoms with E-state index in [0.29, 0.717) is 0 Å². The second-order valence-electron chi connectivity index (χ2n) is 6.27. The smallest absolute Gasteiger partial charge is 0.0292 e. The molecule has 1 heteroatoms. The fourth-order valence-corrected chi connectivity index (χ4v) is 2.54. The monoisotopic (exact) mass is 315 g/mol. The third-order valence-electron chi connectivity index (χ3n) is 4.31. The second-order valence-corrected chi connectivity index (χ2v) is 6.27. The van der Waals surface area contributed by atoms with Crippen molar-refractivity contribution >= 4 is 11.6 Å². The molecule has 2 rings (SSSR count). The highest BCUT2D eigenvalue weighted by Crippen LogP contribution is 2.30. The van der Waals surface area contributed by atoms with Gasteiger partial charge in [-0.05, 0) is 28.3 Å². The van der Waals surface area contributed by atoms with Crippen LogP contribution >= 0.6 is 0 Å². The van der Waals surface area contributed by atoms with Gasteiger partial charge in [-0.15, -0.1) is 0 Å². The first kappa shape index (κ1) is 17.6. The maximum absolute atomic E-state index is 6.48. The third kappa shape index (κ3) is 3.94. The molecule has 0 saturated carbocycles. The molecule has 0 saturated heterocycles. The molecule has 24 heavy (non-hydrogen) atoms. The van der Waals surface area contributed by atoms with Crippen molar-refractivity contribution < 1.29 is 0 Å². The van der Waals surface area contributed by atoms with Crippen LogP contribution in [0, 0.1) is 0 Å². The van der Waals surface area contributed by atoms with E-state index in [9.17, 15) is 0 Å². The van der Waals surface area contributed by atoms with E-state index in [1.54, 1.807) is 6.08 Å². The van der Waals surface area contributed by atoms with E-state index in [1.165, 1.54) is 5.56 Å². The van der Waals surface area contributed by atoms with Crippen LogP contribution in [0.1, 0.15) is 30.5 Å². The number of nitrogens with two attached hydrogens (primary N) is 1. The quantitative estimate of drug-likeness (QED) is 0.678. The van der Waals surface area contributed by atoms with E-state index in [4.69, 9.17) is 5.73 Å². The van der Waals surface area contributed by atoms with Crippen LogP contribution in [0.3, 0.4) is 0 Å². The molecule has 1 nitrogen and oxygen atoms in total. The van der Waals surface area contributed by atoms with Gasteiger partial charge >= 0.3 is 0 Å². The van der Waals surface area contributed by atoms with Gasteiger partial charge in [0.1, 0.15) is 0 Å². The summed E-state index contributed by atoms with van der Waals surface area (Å²) in [5.41, 5.74) is 11.5. The molecule has 0 aliphatic rings. The molecule has 0 aromatic heterocycles. The lowest BCUT2D eigenvalue weighted by Crippen LogP contribution is -2.25. The second kappa shape index (κ2) is 7.65. The Hall–Kier alpha value is -2.80. The summed E-state index contributed by atoms with van der Waals surface area (Å²) in [5, 5.41) is 0. The fourth-order valence-electron chi connectivity index (χ4n) is 2.54. The summed E-state index contributed by atoms with van der Waals surface area (Å²) in [4.78, 5) is 0. The molecule has 2 N–H and O–H groups in total. The van der Waals surface area contributed by atoms with Gasteiger partial charge in [-0.3, -0.25) is 0 Å². The fraction of sp³-hybridized carbons (Fsp3) is 0.130. The van der Waals surface area contributed by atoms with Crippen molar-refractivity contribution in [3.63, 3.8) is 0 Å². The highest BCUT2D eigenvalue weighted by atomic mass is 14.6. The van der Waals surface area contributed by atoms with Crippen LogP contribution in [0.25, 0.3) is 11.6 Å². The zero-order chi connectivity index (χ0) is 17.6. The number of benzene rings is 2. The Balaban J connectivity index is 2.41. The van der Waals surface area contributed by atoms with E-state index in [1.807, 2.05) is 48.6 Å². The van der Waals surface area contributed by atoms with Crippen molar-refractivity contribution in [3.8, 4) is 0 Å². The van der Waals surface area contributed by atoms with Gasteiger partial charge < -0.3 is 5.73 Å². The Bertz CT molecular complexity index is 759. The maximum atomic E-state index is 6.48. The molecule has 0 bridgehead atoms. The number of hydrogen-bond donors (Lipinski definition) is 1. The van der Waals surface area contributed by atoms with Crippen molar-refractivity contribution in [3.05, 3.63) is 108 Å². The Kier molecular flexibility index (Phi) is 5.59. The standard InChI is InChI=1S/C23H25N/c1-5-10-20(19-15-13-18(6-2)14-16-19)17-22(24)23(3,4)21-11-8-7-9-12-21/h5-17H,1-2,24H2,3-4H3/b20-10+,22-17-. The minimum Gasteiger partial charge on any atom is -0.401 e. The zero-order valence-electron chi connectivity index (χ0n) is 14.5. The highest BCUT2D eigenvalue weighted by molar-refractivity contribution is 5.76. The molecule has 0 fully saturated rings. The van der Waals surface area contributed by atoms with Crippen LogP contribution in [0.15, 0.2) is 91.7 Å². The molecule has 0 radical (unpaired) electrons. The molecule has 0 heterocycles. The lowest BCUT2D eigenvalue weighted by Gasteiger charge is -2.26. The lowest BCUT2D eigenvalue weighted by molar-refractivity contribution is 0.616. The molecular formula is C23H25N. The predicted octanol–water partition coefficient (Wildman–Crippen LogP) is 5.72. The van der Waals surface area contributed by atoms with Crippen molar-refractivity contribution in [2.45, 2.75) is 19.3 Å². The van der Waals surface area contributed by atoms with Gasteiger partial charge in [0.25, 0.3) is 0 Å². The summed E-state index contributed by atoms with van der Waals surface area (Å²) >= 11 is 0. The minimum atomic E-state index is -0.247. The van der Waals surface area contributed by atoms with Crippen LogP contribution in [0.5, 0.6) is 0 Å². The van der Waals surface area contributed by atoms with Crippen LogP contribution in [-0.2, 0) is 5.41 Å². The van der Waals surface area contributed by atoms with E-state index in [2.05, 4.69) is 51.3 Å². The molecule has 0 aliphatic heterocycles. The molecule has 0 aliphatic carbocycles. The summed E-state index contributed by atoms with van der Waals surface area (Å²) in [6, 6.07) is 18.6. The Morgan fingerprint density at radius 1 is 0.958 bits per heavy atom. The first-order valence-electron chi connectivity index (χ1n) is 8.08. The number of rotatable bonds is 6. The van der Waals surface area contributed by atoms with Crippen LogP contribution < -0.4 is 5.73 Å². The Morgan fingerprint density at radius 2 is 1.58 bits per heavy atom. The SMILES string of the molecule is C=C/C=C(\C=C(/N)C(C)(C)c1ccccc1)c1ccc(C=C)cc1. The number of hydrogen-bond acceptors (Lipinski definition) is 1. The van der Waals surface area contributed by atoms with Gasteiger partial charge in [-0.25, -0.2) is 0 Å². The van der Waals surface area contributed by atoms with Gasteiger partial charge in [-0.1, -0.05) is 99.8 Å². The van der Waals surface area contributed by atoms with Gasteiger partial charge in [-0.2, -0.15) is 0 Å². The van der Waals surface area contributed by atoms with Crippen LogP contribution in [0.2, 0.25) is 0 Å². The largest absolute Gasteiger partial charge is 0.401 e. The maximum Gasteiger partial charge on any atom is 0.0292 e. The van der Waals surface area contributed by atoms with E-state index in [-0.39, 0.29) is 5.41 Å². The van der Waals surface area contributed by atoms with Crippen molar-refractivity contribution in [2.75, 3.05) is 0 Å². The van der Waals surface area contributed by atoms with Gasteiger partial charge in [0.05, 0.1) is 0 Å². The molecule has 2 aromatic rings. The summed E-state index contributed by atoms with van der Waals surface area (Å²) < 4.78 is 0. The average molecular weight is 315 g/mol. The Morgan fingerprint density at radius 3 is 2.12 bits per heavy atom. The predicted molar refractivity (Wildman–Crippen MR) is 106 cm³/mol. The van der Waals surface area contributed by atoms with E-state index in [0.717, 1.165) is 22.4 Å². The summed E-state index contributed by atoms with van der Waals surface area (Å²) in [6.45, 7) is 11.9. The first-order valence-corrected chi connectivity index (χ1v) is 8.08. The van der Waals surface area contributed by atoms with E-state index < -0.39 is 0 Å². The molecule has 0 amide bonds. The van der Waals surface area contributed by atoms with Crippen molar-refractivity contribution in [2.24, 2.45) is 5.73 Å². The third-order valence-corrected chi connectivity index (χ3v) is 4.31. The minimum absolute atomic E-state index is 0.247. The molecule has 122 valence electrons.